The molecule has 0 aliphatic carbocycles. The van der Waals surface area contributed by atoms with Crippen LogP contribution in [0.1, 0.15) is 35.2 Å². The average molecular weight is 285 g/mol. The van der Waals surface area contributed by atoms with Gasteiger partial charge in [0.25, 0.3) is 0 Å². The van der Waals surface area contributed by atoms with Gasteiger partial charge in [-0.3, -0.25) is 4.98 Å². The molecule has 2 N–H and O–H groups in total. The van der Waals surface area contributed by atoms with Crippen LogP contribution in [0.25, 0.3) is 0 Å². The molecule has 3 heterocycles. The molecule has 7 heteroatoms. The maximum Gasteiger partial charge on any atom is 0.202 e. The number of H-pyrrole nitrogens is 1. The SMILES string of the molecule is OC(CCc1cocc1Cc1ccccn1)c1nn[nH]n1. The molecule has 3 aromatic heterocycles. The van der Waals surface area contributed by atoms with Crippen molar-refractivity contribution in [2.45, 2.75) is 25.4 Å². The number of aromatic nitrogens is 5. The minimum Gasteiger partial charge on any atom is -0.472 e. The minimum absolute atomic E-state index is 0.310. The second-order valence-corrected chi connectivity index (χ2v) is 4.74. The molecule has 0 fully saturated rings. The van der Waals surface area contributed by atoms with Crippen LogP contribution in [0.2, 0.25) is 0 Å². The zero-order valence-corrected chi connectivity index (χ0v) is 11.3. The molecule has 1 unspecified atom stereocenters. The zero-order valence-electron chi connectivity index (χ0n) is 11.3. The molecule has 0 saturated heterocycles. The molecule has 3 rings (SSSR count). The summed E-state index contributed by atoms with van der Waals surface area (Å²) >= 11 is 0. The highest BCUT2D eigenvalue weighted by atomic mass is 16.3. The van der Waals surface area contributed by atoms with Crippen LogP contribution in [-0.2, 0) is 12.8 Å². The average Bonchev–Trinajstić information content (AvgIpc) is 3.18. The number of pyridine rings is 1. The Hall–Kier alpha value is -2.54. The number of furan rings is 1. The first-order valence-electron chi connectivity index (χ1n) is 6.68. The van der Waals surface area contributed by atoms with Crippen LogP contribution in [0.5, 0.6) is 0 Å². The third-order valence-corrected chi connectivity index (χ3v) is 3.28. The molecule has 3 aromatic rings. The van der Waals surface area contributed by atoms with Gasteiger partial charge in [0.2, 0.25) is 5.82 Å². The van der Waals surface area contributed by atoms with E-state index in [0.29, 0.717) is 25.1 Å². The normalized spacial score (nSPS) is 12.4. The molecule has 0 saturated carbocycles. The van der Waals surface area contributed by atoms with Crippen molar-refractivity contribution in [3.8, 4) is 0 Å². The highest BCUT2D eigenvalue weighted by Crippen LogP contribution is 2.20. The fourth-order valence-electron chi connectivity index (χ4n) is 2.15. The lowest BCUT2D eigenvalue weighted by Gasteiger charge is -2.06. The number of hydrogen-bond acceptors (Lipinski definition) is 6. The largest absolute Gasteiger partial charge is 0.472 e. The highest BCUT2D eigenvalue weighted by molar-refractivity contribution is 5.26. The second kappa shape index (κ2) is 6.27. The second-order valence-electron chi connectivity index (χ2n) is 4.74. The third-order valence-electron chi connectivity index (χ3n) is 3.28. The summed E-state index contributed by atoms with van der Waals surface area (Å²) < 4.78 is 5.28. The van der Waals surface area contributed by atoms with E-state index in [1.807, 2.05) is 18.2 Å². The Labute approximate surface area is 121 Å². The van der Waals surface area contributed by atoms with Gasteiger partial charge in [-0.1, -0.05) is 11.3 Å². The van der Waals surface area contributed by atoms with Gasteiger partial charge in [0, 0.05) is 18.3 Å². The molecule has 0 aliphatic rings. The maximum atomic E-state index is 9.96. The Morgan fingerprint density at radius 2 is 2.14 bits per heavy atom. The summed E-state index contributed by atoms with van der Waals surface area (Å²) in [6, 6.07) is 5.83. The van der Waals surface area contributed by atoms with Crippen LogP contribution in [0, 0.1) is 0 Å². The molecule has 0 aromatic carbocycles. The van der Waals surface area contributed by atoms with Gasteiger partial charge in [-0.2, -0.15) is 5.21 Å². The maximum absolute atomic E-state index is 9.96. The van der Waals surface area contributed by atoms with Crippen molar-refractivity contribution in [2.24, 2.45) is 0 Å². The smallest absolute Gasteiger partial charge is 0.202 e. The summed E-state index contributed by atoms with van der Waals surface area (Å²) in [5.41, 5.74) is 3.12. The number of tetrazole rings is 1. The van der Waals surface area contributed by atoms with E-state index in [1.54, 1.807) is 18.7 Å². The summed E-state index contributed by atoms with van der Waals surface area (Å²) in [5, 5.41) is 23.3. The Bertz CT molecular complexity index is 666. The third kappa shape index (κ3) is 3.32. The van der Waals surface area contributed by atoms with Crippen LogP contribution in [0.3, 0.4) is 0 Å². The van der Waals surface area contributed by atoms with Crippen LogP contribution < -0.4 is 0 Å². The van der Waals surface area contributed by atoms with E-state index < -0.39 is 6.10 Å². The molecular formula is C14H15N5O2. The molecule has 108 valence electrons. The summed E-state index contributed by atoms with van der Waals surface area (Å²) in [6.45, 7) is 0. The summed E-state index contributed by atoms with van der Waals surface area (Å²) in [6.07, 6.45) is 6.37. The summed E-state index contributed by atoms with van der Waals surface area (Å²) in [7, 11) is 0. The first kappa shape index (κ1) is 13.4. The number of aliphatic hydroxyl groups excluding tert-OH is 1. The number of nitrogens with zero attached hydrogens (tertiary/aromatic N) is 4. The lowest BCUT2D eigenvalue weighted by molar-refractivity contribution is 0.158. The molecule has 0 bridgehead atoms. The van der Waals surface area contributed by atoms with E-state index in [9.17, 15) is 5.11 Å². The Morgan fingerprint density at radius 3 is 2.90 bits per heavy atom. The van der Waals surface area contributed by atoms with Crippen molar-refractivity contribution in [3.05, 3.63) is 59.6 Å². The fraction of sp³-hybridized carbons (Fsp3) is 0.286. The summed E-state index contributed by atoms with van der Waals surface area (Å²) in [5.74, 6) is 0.310. The molecular weight excluding hydrogens is 270 g/mol. The molecule has 7 nitrogen and oxygen atoms in total. The minimum atomic E-state index is -0.735. The van der Waals surface area contributed by atoms with E-state index in [1.165, 1.54) is 0 Å². The predicted molar refractivity (Wildman–Crippen MR) is 73.2 cm³/mol. The van der Waals surface area contributed by atoms with Gasteiger partial charge in [-0.25, -0.2) is 0 Å². The lowest BCUT2D eigenvalue weighted by atomic mass is 10.0. The number of aryl methyl sites for hydroxylation is 1. The Balaban J connectivity index is 1.63. The van der Waals surface area contributed by atoms with Crippen LogP contribution >= 0.6 is 0 Å². The number of hydrogen-bond donors (Lipinski definition) is 2. The van der Waals surface area contributed by atoms with Gasteiger partial charge in [0.1, 0.15) is 6.10 Å². The quantitative estimate of drug-likeness (QED) is 0.710. The van der Waals surface area contributed by atoms with Crippen molar-refractivity contribution in [2.75, 3.05) is 0 Å². The Kier molecular flexibility index (Phi) is 4.02. The molecule has 0 aliphatic heterocycles. The van der Waals surface area contributed by atoms with Gasteiger partial charge >= 0.3 is 0 Å². The fourth-order valence-corrected chi connectivity index (χ4v) is 2.15. The van der Waals surface area contributed by atoms with E-state index in [-0.39, 0.29) is 0 Å². The standard InChI is InChI=1S/C14H15N5O2/c20-13(14-16-18-19-17-14)5-4-10-8-21-9-11(10)7-12-3-1-2-6-15-12/h1-3,6,8-9,13,20H,4-5,7H2,(H,16,17,18,19). The van der Waals surface area contributed by atoms with E-state index >= 15 is 0 Å². The van der Waals surface area contributed by atoms with Gasteiger partial charge in [-0.05, 0) is 36.1 Å². The van der Waals surface area contributed by atoms with Gasteiger partial charge in [0.05, 0.1) is 12.5 Å². The van der Waals surface area contributed by atoms with Crippen LogP contribution in [-0.4, -0.2) is 30.7 Å². The molecule has 21 heavy (non-hydrogen) atoms. The van der Waals surface area contributed by atoms with Crippen molar-refractivity contribution < 1.29 is 9.52 Å². The van der Waals surface area contributed by atoms with Gasteiger partial charge in [0.15, 0.2) is 0 Å². The number of nitrogens with one attached hydrogen (secondary N) is 1. The van der Waals surface area contributed by atoms with Gasteiger partial charge in [-0.15, -0.1) is 10.2 Å². The molecule has 1 atom stereocenters. The molecule has 0 amide bonds. The zero-order chi connectivity index (χ0) is 14.5. The van der Waals surface area contributed by atoms with Crippen molar-refractivity contribution in [1.82, 2.24) is 25.6 Å². The monoisotopic (exact) mass is 285 g/mol. The highest BCUT2D eigenvalue weighted by Gasteiger charge is 2.14. The molecule has 0 radical (unpaired) electrons. The van der Waals surface area contributed by atoms with Crippen molar-refractivity contribution in [3.63, 3.8) is 0 Å². The lowest BCUT2D eigenvalue weighted by Crippen LogP contribution is -2.03. The number of aliphatic hydroxyl groups is 1. The van der Waals surface area contributed by atoms with Crippen LogP contribution in [0.4, 0.5) is 0 Å². The first-order valence-corrected chi connectivity index (χ1v) is 6.68. The van der Waals surface area contributed by atoms with E-state index in [0.717, 1.165) is 16.8 Å². The predicted octanol–water partition coefficient (Wildman–Crippen LogP) is 1.44. The number of aromatic amines is 1. The van der Waals surface area contributed by atoms with E-state index in [2.05, 4.69) is 25.6 Å². The van der Waals surface area contributed by atoms with Crippen molar-refractivity contribution in [1.29, 1.82) is 0 Å². The first-order chi connectivity index (χ1) is 10.3. The number of rotatable bonds is 6. The summed E-state index contributed by atoms with van der Waals surface area (Å²) in [4.78, 5) is 4.31. The Morgan fingerprint density at radius 1 is 1.24 bits per heavy atom. The van der Waals surface area contributed by atoms with Gasteiger partial charge < -0.3 is 9.52 Å². The topological polar surface area (TPSA) is 101 Å². The van der Waals surface area contributed by atoms with Crippen LogP contribution in [0.15, 0.2) is 41.3 Å². The molecule has 0 spiro atoms. The van der Waals surface area contributed by atoms with Crippen molar-refractivity contribution >= 4 is 0 Å². The van der Waals surface area contributed by atoms with E-state index in [4.69, 9.17) is 4.42 Å².